The molecule has 1 saturated heterocycles. The summed E-state index contributed by atoms with van der Waals surface area (Å²) in [6.45, 7) is 6.69. The van der Waals surface area contributed by atoms with Gasteiger partial charge in [-0.2, -0.15) is 13.2 Å². The molecular weight excluding hydrogens is 227 g/mol. The Kier molecular flexibility index (Phi) is 3.15. The number of rotatable bonds is 1. The summed E-state index contributed by atoms with van der Waals surface area (Å²) in [5.74, 6) is -1.90. The van der Waals surface area contributed by atoms with E-state index in [1.54, 1.807) is 27.7 Å². The molecule has 1 fully saturated rings. The molecule has 16 heavy (non-hydrogen) atoms. The standard InChI is InChI=1S/C9H13BF4O2/c1-7(2)8(3,4)16-10(15-7)5-6(11)9(12,13)14/h5H,1-4H3/b6-5-. The topological polar surface area (TPSA) is 18.5 Å². The van der Waals surface area contributed by atoms with E-state index >= 15 is 0 Å². The van der Waals surface area contributed by atoms with Crippen LogP contribution in [0.15, 0.2) is 11.8 Å². The first-order valence-corrected chi connectivity index (χ1v) is 4.76. The van der Waals surface area contributed by atoms with Gasteiger partial charge in [-0.1, -0.05) is 0 Å². The summed E-state index contributed by atoms with van der Waals surface area (Å²) < 4.78 is 58.8. The quantitative estimate of drug-likeness (QED) is 0.518. The molecule has 0 radical (unpaired) electrons. The molecule has 92 valence electrons. The van der Waals surface area contributed by atoms with E-state index in [0.29, 0.717) is 5.98 Å². The van der Waals surface area contributed by atoms with E-state index in [0.717, 1.165) is 0 Å². The molecule has 0 spiro atoms. The van der Waals surface area contributed by atoms with Crippen molar-refractivity contribution in [2.45, 2.75) is 45.1 Å². The highest BCUT2D eigenvalue weighted by Crippen LogP contribution is 2.38. The summed E-state index contributed by atoms with van der Waals surface area (Å²) >= 11 is 0. The van der Waals surface area contributed by atoms with Crippen molar-refractivity contribution in [1.82, 2.24) is 0 Å². The summed E-state index contributed by atoms with van der Waals surface area (Å²) in [6, 6.07) is 0. The van der Waals surface area contributed by atoms with Gasteiger partial charge in [0, 0.05) is 0 Å². The smallest absolute Gasteiger partial charge is 0.400 e. The Balaban J connectivity index is 2.82. The molecule has 0 aromatic rings. The number of halogens is 4. The lowest BCUT2D eigenvalue weighted by Crippen LogP contribution is -2.41. The van der Waals surface area contributed by atoms with Crippen molar-refractivity contribution in [2.24, 2.45) is 0 Å². The fraction of sp³-hybridized carbons (Fsp3) is 0.778. The molecule has 1 rings (SSSR count). The van der Waals surface area contributed by atoms with Crippen LogP contribution >= 0.6 is 0 Å². The molecular formula is C9H13BF4O2. The number of hydrogen-bond acceptors (Lipinski definition) is 2. The van der Waals surface area contributed by atoms with Crippen LogP contribution in [0.1, 0.15) is 27.7 Å². The molecule has 1 aliphatic rings. The van der Waals surface area contributed by atoms with Gasteiger partial charge in [-0.05, 0) is 33.7 Å². The highest BCUT2D eigenvalue weighted by atomic mass is 19.4. The van der Waals surface area contributed by atoms with Crippen molar-refractivity contribution < 1.29 is 26.9 Å². The Bertz CT molecular complexity index is 293. The van der Waals surface area contributed by atoms with Crippen molar-refractivity contribution in [3.8, 4) is 0 Å². The largest absolute Gasteiger partial charge is 0.490 e. The summed E-state index contributed by atoms with van der Waals surface area (Å²) in [6.07, 6.45) is -5.00. The Morgan fingerprint density at radius 1 is 1.06 bits per heavy atom. The van der Waals surface area contributed by atoms with Crippen LogP contribution in [0, 0.1) is 0 Å². The lowest BCUT2D eigenvalue weighted by atomic mass is 9.89. The first kappa shape index (κ1) is 13.5. The predicted molar refractivity (Wildman–Crippen MR) is 51.3 cm³/mol. The molecule has 0 amide bonds. The van der Waals surface area contributed by atoms with E-state index in [1.165, 1.54) is 0 Å². The molecule has 0 bridgehead atoms. The zero-order valence-electron chi connectivity index (χ0n) is 9.48. The molecule has 0 aromatic carbocycles. The number of allylic oxidation sites excluding steroid dienone is 1. The van der Waals surface area contributed by atoms with Gasteiger partial charge in [0.25, 0.3) is 0 Å². The lowest BCUT2D eigenvalue weighted by molar-refractivity contribution is -0.108. The summed E-state index contributed by atoms with van der Waals surface area (Å²) in [7, 11) is -1.31. The second-order valence-corrected chi connectivity index (χ2v) is 4.64. The molecule has 0 saturated carbocycles. The van der Waals surface area contributed by atoms with Gasteiger partial charge in [0.15, 0.2) is 5.83 Å². The summed E-state index contributed by atoms with van der Waals surface area (Å²) in [4.78, 5) is 0. The molecule has 0 aromatic heterocycles. The minimum absolute atomic E-state index is 0.302. The maximum atomic E-state index is 12.6. The Labute approximate surface area is 91.7 Å². The average Bonchev–Trinajstić information content (AvgIpc) is 2.17. The zero-order valence-corrected chi connectivity index (χ0v) is 9.48. The molecule has 0 N–H and O–H groups in total. The van der Waals surface area contributed by atoms with E-state index in [-0.39, 0.29) is 0 Å². The van der Waals surface area contributed by atoms with Crippen LogP contribution < -0.4 is 0 Å². The molecule has 1 heterocycles. The van der Waals surface area contributed by atoms with Gasteiger partial charge in [-0.3, -0.25) is 0 Å². The van der Waals surface area contributed by atoms with Crippen LogP contribution in [0.3, 0.4) is 0 Å². The van der Waals surface area contributed by atoms with Crippen molar-refractivity contribution in [2.75, 3.05) is 0 Å². The third kappa shape index (κ3) is 2.57. The van der Waals surface area contributed by atoms with E-state index in [2.05, 4.69) is 0 Å². The Morgan fingerprint density at radius 3 is 1.75 bits per heavy atom. The van der Waals surface area contributed by atoms with Crippen molar-refractivity contribution >= 4 is 7.12 Å². The molecule has 2 nitrogen and oxygen atoms in total. The molecule has 0 aliphatic carbocycles. The first-order chi connectivity index (χ1) is 6.96. The summed E-state index contributed by atoms with van der Waals surface area (Å²) in [5, 5.41) is 0. The monoisotopic (exact) mass is 240 g/mol. The zero-order chi connectivity index (χ0) is 12.8. The van der Waals surface area contributed by atoms with Crippen LogP contribution in [0.25, 0.3) is 0 Å². The number of hydrogen-bond donors (Lipinski definition) is 0. The molecule has 0 atom stereocenters. The van der Waals surface area contributed by atoms with Crippen LogP contribution in [0.4, 0.5) is 17.6 Å². The second-order valence-electron chi connectivity index (χ2n) is 4.64. The van der Waals surface area contributed by atoms with Gasteiger partial charge in [-0.15, -0.1) is 0 Å². The molecule has 1 aliphatic heterocycles. The summed E-state index contributed by atoms with van der Waals surface area (Å²) in [5.41, 5.74) is -1.56. The van der Waals surface area contributed by atoms with Crippen molar-refractivity contribution in [1.29, 1.82) is 0 Å². The molecule has 0 unspecified atom stereocenters. The lowest BCUT2D eigenvalue weighted by Gasteiger charge is -2.32. The SMILES string of the molecule is CC1(C)OB(/C=C(\F)C(F)(F)F)OC1(C)C. The Morgan fingerprint density at radius 2 is 1.44 bits per heavy atom. The third-order valence-corrected chi connectivity index (χ3v) is 2.82. The minimum Gasteiger partial charge on any atom is -0.400 e. The van der Waals surface area contributed by atoms with Gasteiger partial charge in [0.1, 0.15) is 0 Å². The third-order valence-electron chi connectivity index (χ3n) is 2.82. The van der Waals surface area contributed by atoms with E-state index in [1.807, 2.05) is 0 Å². The van der Waals surface area contributed by atoms with E-state index < -0.39 is 30.3 Å². The van der Waals surface area contributed by atoms with Gasteiger partial charge >= 0.3 is 13.3 Å². The van der Waals surface area contributed by atoms with Gasteiger partial charge in [0.05, 0.1) is 11.2 Å². The highest BCUT2D eigenvalue weighted by Gasteiger charge is 2.51. The van der Waals surface area contributed by atoms with E-state index in [9.17, 15) is 17.6 Å². The van der Waals surface area contributed by atoms with Crippen LogP contribution in [-0.2, 0) is 9.31 Å². The first-order valence-electron chi connectivity index (χ1n) is 4.76. The minimum atomic E-state index is -5.00. The van der Waals surface area contributed by atoms with Crippen LogP contribution in [-0.4, -0.2) is 24.5 Å². The van der Waals surface area contributed by atoms with Crippen LogP contribution in [0.2, 0.25) is 0 Å². The average molecular weight is 240 g/mol. The van der Waals surface area contributed by atoms with Gasteiger partial charge in [-0.25, -0.2) is 4.39 Å². The second kappa shape index (κ2) is 3.73. The van der Waals surface area contributed by atoms with Crippen LogP contribution in [0.5, 0.6) is 0 Å². The fourth-order valence-corrected chi connectivity index (χ4v) is 1.17. The normalized spacial score (nSPS) is 25.0. The Hall–Kier alpha value is -0.555. The van der Waals surface area contributed by atoms with Gasteiger partial charge in [0.2, 0.25) is 0 Å². The number of alkyl halides is 3. The maximum absolute atomic E-state index is 12.6. The maximum Gasteiger partial charge on any atom is 0.490 e. The molecule has 7 heteroatoms. The van der Waals surface area contributed by atoms with Crippen molar-refractivity contribution in [3.05, 3.63) is 11.8 Å². The fourth-order valence-electron chi connectivity index (χ4n) is 1.17. The highest BCUT2D eigenvalue weighted by molar-refractivity contribution is 6.51. The predicted octanol–water partition coefficient (Wildman–Crippen LogP) is 3.03. The van der Waals surface area contributed by atoms with E-state index in [4.69, 9.17) is 9.31 Å². The van der Waals surface area contributed by atoms with Gasteiger partial charge < -0.3 is 9.31 Å². The van der Waals surface area contributed by atoms with Crippen molar-refractivity contribution in [3.63, 3.8) is 0 Å².